The lowest BCUT2D eigenvalue weighted by molar-refractivity contribution is -0.118. The zero-order chi connectivity index (χ0) is 22.7. The van der Waals surface area contributed by atoms with E-state index in [0.29, 0.717) is 17.9 Å². The van der Waals surface area contributed by atoms with Crippen LogP contribution in [-0.2, 0) is 21.2 Å². The first-order chi connectivity index (χ1) is 15.3. The third-order valence-corrected chi connectivity index (χ3v) is 7.62. The van der Waals surface area contributed by atoms with Crippen LogP contribution in [0, 0.1) is 0 Å². The van der Waals surface area contributed by atoms with Crippen molar-refractivity contribution in [3.8, 4) is 5.75 Å². The number of rotatable bonds is 6. The van der Waals surface area contributed by atoms with Gasteiger partial charge < -0.3 is 10.1 Å². The predicted molar refractivity (Wildman–Crippen MR) is 129 cm³/mol. The van der Waals surface area contributed by atoms with E-state index in [4.69, 9.17) is 16.3 Å². The minimum absolute atomic E-state index is 0.0742. The third kappa shape index (κ3) is 4.92. The van der Waals surface area contributed by atoms with Crippen molar-refractivity contribution in [2.45, 2.75) is 17.7 Å². The van der Waals surface area contributed by atoms with Crippen LogP contribution in [0.3, 0.4) is 0 Å². The van der Waals surface area contributed by atoms with Crippen molar-refractivity contribution in [2.24, 2.45) is 0 Å². The van der Waals surface area contributed by atoms with E-state index in [0.717, 1.165) is 22.9 Å². The molecule has 0 fully saturated rings. The number of carbonyl (C=O) groups is 1. The van der Waals surface area contributed by atoms with Gasteiger partial charge in [-0.1, -0.05) is 51.8 Å². The fraction of sp³-hybridized carbons (Fsp3) is 0.174. The number of amides is 1. The van der Waals surface area contributed by atoms with Gasteiger partial charge in [0, 0.05) is 16.7 Å². The lowest BCUT2D eigenvalue weighted by atomic mass is 10.0. The summed E-state index contributed by atoms with van der Waals surface area (Å²) in [7, 11) is -3.78. The van der Waals surface area contributed by atoms with Crippen molar-refractivity contribution in [2.75, 3.05) is 22.8 Å². The van der Waals surface area contributed by atoms with Gasteiger partial charge in [0.05, 0.1) is 15.6 Å². The number of nitrogens with one attached hydrogen (secondary N) is 1. The van der Waals surface area contributed by atoms with Crippen LogP contribution in [0.25, 0.3) is 0 Å². The van der Waals surface area contributed by atoms with E-state index in [2.05, 4.69) is 21.2 Å². The monoisotopic (exact) mass is 534 g/mol. The van der Waals surface area contributed by atoms with E-state index in [1.54, 1.807) is 18.2 Å². The number of benzene rings is 3. The average molecular weight is 536 g/mol. The van der Waals surface area contributed by atoms with Crippen LogP contribution in [0.1, 0.15) is 12.0 Å². The highest BCUT2D eigenvalue weighted by molar-refractivity contribution is 9.10. The van der Waals surface area contributed by atoms with Gasteiger partial charge in [-0.3, -0.25) is 9.10 Å². The second-order valence-electron chi connectivity index (χ2n) is 7.25. The molecule has 0 bridgehead atoms. The van der Waals surface area contributed by atoms with Crippen LogP contribution in [0.4, 0.5) is 11.4 Å². The maximum Gasteiger partial charge on any atom is 0.264 e. The van der Waals surface area contributed by atoms with E-state index in [-0.39, 0.29) is 28.2 Å². The van der Waals surface area contributed by atoms with Gasteiger partial charge >= 0.3 is 0 Å². The molecule has 0 spiro atoms. The van der Waals surface area contributed by atoms with Crippen LogP contribution in [0.5, 0.6) is 5.75 Å². The van der Waals surface area contributed by atoms with Gasteiger partial charge in [-0.15, -0.1) is 0 Å². The van der Waals surface area contributed by atoms with E-state index in [1.807, 2.05) is 30.3 Å². The van der Waals surface area contributed by atoms with E-state index >= 15 is 0 Å². The zero-order valence-corrected chi connectivity index (χ0v) is 20.1. The number of ether oxygens (including phenoxy) is 1. The minimum Gasteiger partial charge on any atom is -0.482 e. The summed E-state index contributed by atoms with van der Waals surface area (Å²) in [4.78, 5) is 12.2. The molecule has 0 atom stereocenters. The van der Waals surface area contributed by atoms with Crippen molar-refractivity contribution in [3.63, 3.8) is 0 Å². The van der Waals surface area contributed by atoms with E-state index in [1.165, 1.54) is 22.5 Å². The molecule has 9 heteroatoms. The minimum atomic E-state index is -3.78. The topological polar surface area (TPSA) is 75.7 Å². The highest BCUT2D eigenvalue weighted by Crippen LogP contribution is 2.34. The number of aryl methyl sites for hydroxylation is 1. The van der Waals surface area contributed by atoms with Gasteiger partial charge in [-0.05, 0) is 60.9 Å². The molecule has 166 valence electrons. The number of nitrogens with zero attached hydrogens (tertiary/aromatic N) is 1. The fourth-order valence-electron chi connectivity index (χ4n) is 3.54. The second kappa shape index (κ2) is 9.52. The number of carbonyl (C=O) groups excluding carboxylic acids is 1. The molecule has 32 heavy (non-hydrogen) atoms. The van der Waals surface area contributed by atoms with Crippen LogP contribution < -0.4 is 14.4 Å². The number of sulfonamides is 1. The number of hydrogen-bond donors (Lipinski definition) is 1. The Kier molecular flexibility index (Phi) is 6.74. The standard InChI is InChI=1S/C23H20BrClN2O4S/c24-17-7-3-8-18(13-17)26-23(28)15-31-22-11-10-19(14-20(22)25)32(29,30)27-12-4-6-16-5-1-2-9-21(16)27/h1-3,5,7-11,13-14H,4,6,12,15H2,(H,26,28). The number of fused-ring (bicyclic) bond motifs is 1. The zero-order valence-electron chi connectivity index (χ0n) is 16.9. The van der Waals surface area contributed by atoms with Crippen molar-refractivity contribution in [3.05, 3.63) is 81.8 Å². The summed E-state index contributed by atoms with van der Waals surface area (Å²) in [6, 6.07) is 18.9. The smallest absolute Gasteiger partial charge is 0.264 e. The number of anilines is 2. The Labute approximate surface area is 200 Å². The molecule has 6 nitrogen and oxygen atoms in total. The molecule has 0 radical (unpaired) electrons. The first kappa shape index (κ1) is 22.6. The summed E-state index contributed by atoms with van der Waals surface area (Å²) >= 11 is 9.64. The maximum absolute atomic E-state index is 13.3. The van der Waals surface area contributed by atoms with Crippen LogP contribution in [-0.4, -0.2) is 27.5 Å². The van der Waals surface area contributed by atoms with Gasteiger partial charge in [-0.25, -0.2) is 8.42 Å². The fourth-order valence-corrected chi connectivity index (χ4v) is 5.81. The Morgan fingerprint density at radius 1 is 1.09 bits per heavy atom. The predicted octanol–water partition coefficient (Wildman–Crippen LogP) is 5.26. The summed E-state index contributed by atoms with van der Waals surface area (Å²) in [5.74, 6) is -0.130. The van der Waals surface area contributed by atoms with Gasteiger partial charge in [0.2, 0.25) is 0 Å². The summed E-state index contributed by atoms with van der Waals surface area (Å²) in [6.45, 7) is 0.142. The molecule has 0 saturated heterocycles. The second-order valence-corrected chi connectivity index (χ2v) is 10.4. The maximum atomic E-state index is 13.3. The molecule has 1 amide bonds. The van der Waals surface area contributed by atoms with E-state index < -0.39 is 10.0 Å². The summed E-state index contributed by atoms with van der Waals surface area (Å²) in [6.07, 6.45) is 1.59. The Morgan fingerprint density at radius 3 is 2.69 bits per heavy atom. The van der Waals surface area contributed by atoms with E-state index in [9.17, 15) is 13.2 Å². The van der Waals surface area contributed by atoms with Crippen molar-refractivity contribution in [1.29, 1.82) is 0 Å². The average Bonchev–Trinajstić information content (AvgIpc) is 2.77. The molecule has 1 aliphatic rings. The van der Waals surface area contributed by atoms with Crippen LogP contribution >= 0.6 is 27.5 Å². The SMILES string of the molecule is O=C(COc1ccc(S(=O)(=O)N2CCCc3ccccc32)cc1Cl)Nc1cccc(Br)c1. The molecular weight excluding hydrogens is 516 g/mol. The molecule has 0 aliphatic carbocycles. The molecule has 1 heterocycles. The van der Waals surface area contributed by atoms with Gasteiger partial charge in [-0.2, -0.15) is 0 Å². The summed E-state index contributed by atoms with van der Waals surface area (Å²) < 4.78 is 34.3. The van der Waals surface area contributed by atoms with Gasteiger partial charge in [0.15, 0.2) is 6.61 Å². The Bertz CT molecular complexity index is 1270. The van der Waals surface area contributed by atoms with Crippen LogP contribution in [0.2, 0.25) is 5.02 Å². The van der Waals surface area contributed by atoms with Crippen molar-refractivity contribution >= 4 is 54.8 Å². The lowest BCUT2D eigenvalue weighted by Crippen LogP contribution is -2.35. The Balaban J connectivity index is 1.47. The molecule has 1 aliphatic heterocycles. The lowest BCUT2D eigenvalue weighted by Gasteiger charge is -2.30. The molecule has 0 aromatic heterocycles. The number of para-hydroxylation sites is 1. The third-order valence-electron chi connectivity index (χ3n) is 5.03. The molecule has 1 N–H and O–H groups in total. The summed E-state index contributed by atoms with van der Waals surface area (Å²) in [5, 5.41) is 2.84. The van der Waals surface area contributed by atoms with Crippen molar-refractivity contribution < 1.29 is 17.9 Å². The first-order valence-electron chi connectivity index (χ1n) is 9.93. The molecular formula is C23H20BrClN2O4S. The highest BCUT2D eigenvalue weighted by atomic mass is 79.9. The summed E-state index contributed by atoms with van der Waals surface area (Å²) in [5.41, 5.74) is 2.33. The molecule has 3 aromatic rings. The quantitative estimate of drug-likeness (QED) is 0.467. The molecule has 4 rings (SSSR count). The number of hydrogen-bond acceptors (Lipinski definition) is 4. The molecule has 3 aromatic carbocycles. The largest absolute Gasteiger partial charge is 0.482 e. The Morgan fingerprint density at radius 2 is 1.91 bits per heavy atom. The highest BCUT2D eigenvalue weighted by Gasteiger charge is 2.29. The normalized spacial score (nSPS) is 13.4. The number of halogens is 2. The van der Waals surface area contributed by atoms with Gasteiger partial charge in [0.1, 0.15) is 5.75 Å². The van der Waals surface area contributed by atoms with Crippen molar-refractivity contribution in [1.82, 2.24) is 0 Å². The van der Waals surface area contributed by atoms with Gasteiger partial charge in [0.25, 0.3) is 15.9 Å². The molecule has 0 saturated carbocycles. The molecule has 0 unspecified atom stereocenters. The Hall–Kier alpha value is -2.55. The first-order valence-corrected chi connectivity index (χ1v) is 12.5. The van der Waals surface area contributed by atoms with Crippen LogP contribution in [0.15, 0.2) is 76.1 Å².